The topological polar surface area (TPSA) is 49.3 Å². The summed E-state index contributed by atoms with van der Waals surface area (Å²) in [6, 6.07) is 8.12. The normalized spacial score (nSPS) is 19.9. The van der Waals surface area contributed by atoms with Gasteiger partial charge in [-0.05, 0) is 62.4 Å². The van der Waals surface area contributed by atoms with Crippen LogP contribution in [-0.4, -0.2) is 45.3 Å². The Labute approximate surface area is 171 Å². The lowest BCUT2D eigenvalue weighted by Crippen LogP contribution is -2.51. The molecule has 3 heterocycles. The molecule has 28 heavy (non-hydrogen) atoms. The number of likely N-dealkylation sites (tertiary alicyclic amines) is 2. The number of aryl methyl sites for hydroxylation is 1. The van der Waals surface area contributed by atoms with Gasteiger partial charge in [0.05, 0.1) is 24.1 Å². The summed E-state index contributed by atoms with van der Waals surface area (Å²) in [7, 11) is 0. The van der Waals surface area contributed by atoms with Crippen LogP contribution in [0.1, 0.15) is 42.6 Å². The molecule has 4 rings (SSSR count). The molecule has 1 amide bonds. The molecule has 2 saturated heterocycles. The molecule has 2 fully saturated rings. The van der Waals surface area contributed by atoms with Crippen LogP contribution in [0.15, 0.2) is 36.7 Å². The number of hydrogen-bond donors (Lipinski definition) is 0. The molecule has 2 aliphatic rings. The summed E-state index contributed by atoms with van der Waals surface area (Å²) >= 11 is 6.12. The number of nitrogens with zero attached hydrogens (tertiary/aromatic N) is 4. The van der Waals surface area contributed by atoms with Crippen LogP contribution in [0.3, 0.4) is 0 Å². The molecule has 0 unspecified atom stereocenters. The van der Waals surface area contributed by atoms with Crippen molar-refractivity contribution in [3.05, 3.63) is 58.6 Å². The van der Waals surface area contributed by atoms with E-state index in [1.54, 1.807) is 12.4 Å². The molecule has 0 saturated carbocycles. The fraction of sp³-hybridized carbons (Fsp3) is 0.500. The lowest BCUT2D eigenvalue weighted by atomic mass is 9.72. The van der Waals surface area contributed by atoms with Crippen molar-refractivity contribution in [2.24, 2.45) is 5.41 Å². The highest BCUT2D eigenvalue weighted by Gasteiger charge is 2.40. The molecule has 1 aromatic carbocycles. The average molecular weight is 399 g/mol. The molecule has 0 bridgehead atoms. The number of carbonyl (C=O) groups excluding carboxylic acids is 1. The van der Waals surface area contributed by atoms with Crippen LogP contribution in [0.4, 0.5) is 0 Å². The fourth-order valence-corrected chi connectivity index (χ4v) is 4.64. The van der Waals surface area contributed by atoms with Gasteiger partial charge in [0.15, 0.2) is 0 Å². The van der Waals surface area contributed by atoms with Crippen molar-refractivity contribution in [3.63, 3.8) is 0 Å². The van der Waals surface area contributed by atoms with Gasteiger partial charge in [0.2, 0.25) is 5.91 Å². The summed E-state index contributed by atoms with van der Waals surface area (Å²) in [5.41, 5.74) is 3.28. The Balaban J connectivity index is 1.36. The van der Waals surface area contributed by atoms with Gasteiger partial charge in [0.1, 0.15) is 0 Å². The Morgan fingerprint density at radius 2 is 1.93 bits per heavy atom. The maximum atomic E-state index is 12.5. The number of carbonyl (C=O) groups is 1. The molecule has 148 valence electrons. The van der Waals surface area contributed by atoms with Gasteiger partial charge >= 0.3 is 0 Å². The molecule has 5 nitrogen and oxygen atoms in total. The van der Waals surface area contributed by atoms with Crippen molar-refractivity contribution in [2.45, 2.75) is 45.7 Å². The van der Waals surface area contributed by atoms with Gasteiger partial charge < -0.3 is 4.90 Å². The molecule has 2 aromatic rings. The highest BCUT2D eigenvalue weighted by Crippen LogP contribution is 2.40. The third kappa shape index (κ3) is 4.53. The third-order valence-electron chi connectivity index (χ3n) is 6.15. The lowest BCUT2D eigenvalue weighted by Gasteiger charge is -2.47. The van der Waals surface area contributed by atoms with E-state index in [1.165, 1.54) is 5.56 Å². The SMILES string of the molecule is Cc1cnc(CN2CC3(CCC2=O)CCN(Cc2cccc(Cl)c2)CC3)cn1. The van der Waals surface area contributed by atoms with E-state index in [9.17, 15) is 4.79 Å². The Morgan fingerprint density at radius 3 is 2.64 bits per heavy atom. The van der Waals surface area contributed by atoms with Crippen molar-refractivity contribution < 1.29 is 4.79 Å². The standard InChI is InChI=1S/C22H27ClN4O/c1-17-12-25-20(13-24-17)15-27-16-22(6-5-21(27)28)7-9-26(10-8-22)14-18-3-2-4-19(23)11-18/h2-4,11-13H,5-10,14-16H2,1H3. The summed E-state index contributed by atoms with van der Waals surface area (Å²) in [6.45, 7) is 6.41. The first-order chi connectivity index (χ1) is 13.5. The van der Waals surface area contributed by atoms with Gasteiger partial charge in [-0.15, -0.1) is 0 Å². The maximum Gasteiger partial charge on any atom is 0.222 e. The van der Waals surface area contributed by atoms with E-state index in [2.05, 4.69) is 27.0 Å². The van der Waals surface area contributed by atoms with E-state index >= 15 is 0 Å². The lowest BCUT2D eigenvalue weighted by molar-refractivity contribution is -0.140. The van der Waals surface area contributed by atoms with Gasteiger partial charge in [-0.2, -0.15) is 0 Å². The summed E-state index contributed by atoms with van der Waals surface area (Å²) in [5, 5.41) is 0.798. The number of aromatic nitrogens is 2. The van der Waals surface area contributed by atoms with E-state index in [-0.39, 0.29) is 11.3 Å². The van der Waals surface area contributed by atoms with E-state index in [1.807, 2.05) is 24.0 Å². The quantitative estimate of drug-likeness (QED) is 0.785. The monoisotopic (exact) mass is 398 g/mol. The van der Waals surface area contributed by atoms with Crippen LogP contribution in [0.5, 0.6) is 0 Å². The Bertz CT molecular complexity index is 831. The van der Waals surface area contributed by atoms with Crippen molar-refractivity contribution in [2.75, 3.05) is 19.6 Å². The zero-order valence-corrected chi connectivity index (χ0v) is 17.2. The van der Waals surface area contributed by atoms with Crippen molar-refractivity contribution in [1.29, 1.82) is 0 Å². The smallest absolute Gasteiger partial charge is 0.222 e. The molecule has 1 spiro atoms. The second-order valence-corrected chi connectivity index (χ2v) is 8.74. The molecule has 0 atom stereocenters. The summed E-state index contributed by atoms with van der Waals surface area (Å²) < 4.78 is 0. The van der Waals surface area contributed by atoms with Crippen LogP contribution in [0, 0.1) is 12.3 Å². The van der Waals surface area contributed by atoms with Crippen LogP contribution in [-0.2, 0) is 17.9 Å². The first-order valence-electron chi connectivity index (χ1n) is 10.0. The number of rotatable bonds is 4. The van der Waals surface area contributed by atoms with E-state index in [0.29, 0.717) is 13.0 Å². The van der Waals surface area contributed by atoms with Crippen molar-refractivity contribution in [3.8, 4) is 0 Å². The number of hydrogen-bond acceptors (Lipinski definition) is 4. The predicted octanol–water partition coefficient (Wildman–Crippen LogP) is 3.84. The zero-order valence-electron chi connectivity index (χ0n) is 16.4. The largest absolute Gasteiger partial charge is 0.336 e. The second-order valence-electron chi connectivity index (χ2n) is 8.30. The molecule has 0 N–H and O–H groups in total. The number of halogens is 1. The first-order valence-corrected chi connectivity index (χ1v) is 10.4. The maximum absolute atomic E-state index is 12.5. The van der Waals surface area contributed by atoms with E-state index in [4.69, 9.17) is 11.6 Å². The second kappa shape index (κ2) is 8.18. The number of benzene rings is 1. The molecule has 1 aromatic heterocycles. The zero-order chi connectivity index (χ0) is 19.6. The van der Waals surface area contributed by atoms with Gasteiger partial charge in [-0.3, -0.25) is 19.7 Å². The van der Waals surface area contributed by atoms with E-state index in [0.717, 1.165) is 61.9 Å². The van der Waals surface area contributed by atoms with Gasteiger partial charge in [-0.25, -0.2) is 0 Å². The van der Waals surface area contributed by atoms with Crippen molar-refractivity contribution >= 4 is 17.5 Å². The number of amides is 1. The Hall–Kier alpha value is -1.98. The predicted molar refractivity (Wildman–Crippen MR) is 110 cm³/mol. The minimum Gasteiger partial charge on any atom is -0.336 e. The van der Waals surface area contributed by atoms with Crippen LogP contribution >= 0.6 is 11.6 Å². The van der Waals surface area contributed by atoms with E-state index < -0.39 is 0 Å². The summed E-state index contributed by atoms with van der Waals surface area (Å²) in [5.74, 6) is 0.245. The van der Waals surface area contributed by atoms with Gasteiger partial charge in [-0.1, -0.05) is 23.7 Å². The van der Waals surface area contributed by atoms with Crippen molar-refractivity contribution in [1.82, 2.24) is 19.8 Å². The highest BCUT2D eigenvalue weighted by atomic mass is 35.5. The first kappa shape index (κ1) is 19.3. The summed E-state index contributed by atoms with van der Waals surface area (Å²) in [4.78, 5) is 25.7. The van der Waals surface area contributed by atoms with Crippen LogP contribution in [0.2, 0.25) is 5.02 Å². The fourth-order valence-electron chi connectivity index (χ4n) is 4.43. The number of piperidine rings is 2. The molecule has 0 radical (unpaired) electrons. The third-order valence-corrected chi connectivity index (χ3v) is 6.38. The van der Waals surface area contributed by atoms with Gasteiger partial charge in [0.25, 0.3) is 0 Å². The minimum absolute atomic E-state index is 0.245. The molecule has 0 aliphatic carbocycles. The Kier molecular flexibility index (Phi) is 5.65. The average Bonchev–Trinajstić information content (AvgIpc) is 2.69. The Morgan fingerprint density at radius 1 is 1.11 bits per heavy atom. The molecule has 6 heteroatoms. The molecular weight excluding hydrogens is 372 g/mol. The minimum atomic E-state index is 0.245. The molecule has 2 aliphatic heterocycles. The summed E-state index contributed by atoms with van der Waals surface area (Å²) in [6.07, 6.45) is 7.49. The van der Waals surface area contributed by atoms with Crippen LogP contribution in [0.25, 0.3) is 0 Å². The highest BCUT2D eigenvalue weighted by molar-refractivity contribution is 6.30. The van der Waals surface area contributed by atoms with Crippen LogP contribution < -0.4 is 0 Å². The molecular formula is C22H27ClN4O. The van der Waals surface area contributed by atoms with Gasteiger partial charge in [0, 0.05) is 30.7 Å².